The maximum atomic E-state index is 12.1. The highest BCUT2D eigenvalue weighted by Crippen LogP contribution is 2.11. The summed E-state index contributed by atoms with van der Waals surface area (Å²) in [6.45, 7) is 1.58. The van der Waals surface area contributed by atoms with Gasteiger partial charge in [0.25, 0.3) is 5.56 Å². The van der Waals surface area contributed by atoms with Crippen LogP contribution in [-0.4, -0.2) is 20.0 Å². The van der Waals surface area contributed by atoms with Crippen molar-refractivity contribution in [3.8, 4) is 5.88 Å². The number of nitrogens with one attached hydrogen (secondary N) is 1. The second kappa shape index (κ2) is 5.66. The summed E-state index contributed by atoms with van der Waals surface area (Å²) in [6, 6.07) is 9.19. The highest BCUT2D eigenvalue weighted by molar-refractivity contribution is 6.00. The zero-order valence-electron chi connectivity index (χ0n) is 12.0. The minimum absolute atomic E-state index is 0.0111. The topological polar surface area (TPSA) is 88.6 Å². The van der Waals surface area contributed by atoms with Gasteiger partial charge in [0.2, 0.25) is 5.88 Å². The van der Waals surface area contributed by atoms with Gasteiger partial charge in [0.1, 0.15) is 5.56 Å². The lowest BCUT2D eigenvalue weighted by atomic mass is 10.2. The third-order valence-corrected chi connectivity index (χ3v) is 3.12. The van der Waals surface area contributed by atoms with E-state index in [4.69, 9.17) is 0 Å². The Morgan fingerprint density at radius 3 is 2.38 bits per heavy atom. The largest absolute Gasteiger partial charge is 0.494 e. The van der Waals surface area contributed by atoms with Crippen LogP contribution in [0.25, 0.3) is 0 Å². The van der Waals surface area contributed by atoms with Crippen molar-refractivity contribution in [3.63, 3.8) is 0 Å². The first-order valence-electron chi connectivity index (χ1n) is 6.28. The van der Waals surface area contributed by atoms with Crippen LogP contribution in [0, 0.1) is 0 Å². The normalized spacial score (nSPS) is 11.5. The first kappa shape index (κ1) is 14.6. The van der Waals surface area contributed by atoms with E-state index in [1.807, 2.05) is 30.3 Å². The van der Waals surface area contributed by atoms with E-state index in [0.717, 1.165) is 14.8 Å². The molecule has 0 bridgehead atoms. The Balaban J connectivity index is 2.47. The summed E-state index contributed by atoms with van der Waals surface area (Å²) in [7, 11) is 2.74. The van der Waals surface area contributed by atoms with Crippen LogP contribution in [0.5, 0.6) is 5.88 Å². The zero-order valence-corrected chi connectivity index (χ0v) is 12.0. The summed E-state index contributed by atoms with van der Waals surface area (Å²) in [6.07, 6.45) is 0. The number of nitrogens with zero attached hydrogens (tertiary/aromatic N) is 3. The minimum atomic E-state index is -0.593. The van der Waals surface area contributed by atoms with E-state index in [0.29, 0.717) is 0 Å². The van der Waals surface area contributed by atoms with Crippen LogP contribution in [0.1, 0.15) is 12.5 Å². The van der Waals surface area contributed by atoms with E-state index in [1.165, 1.54) is 14.1 Å². The first-order valence-corrected chi connectivity index (χ1v) is 6.28. The lowest BCUT2D eigenvalue weighted by molar-refractivity contribution is 0.410. The van der Waals surface area contributed by atoms with E-state index in [2.05, 4.69) is 10.5 Å². The first-order chi connectivity index (χ1) is 9.93. The molecule has 1 aromatic carbocycles. The molecule has 1 aromatic heterocycles. The quantitative estimate of drug-likeness (QED) is 0.640. The van der Waals surface area contributed by atoms with Gasteiger partial charge in [-0.15, -0.1) is 0 Å². The molecular weight excluding hydrogens is 272 g/mol. The Labute approximate surface area is 120 Å². The van der Waals surface area contributed by atoms with Crippen LogP contribution < -0.4 is 16.7 Å². The average Bonchev–Trinajstić information content (AvgIpc) is 2.50. The van der Waals surface area contributed by atoms with Gasteiger partial charge < -0.3 is 5.11 Å². The van der Waals surface area contributed by atoms with Crippen LogP contribution in [0.3, 0.4) is 0 Å². The molecule has 0 saturated heterocycles. The molecule has 1 heterocycles. The SMILES string of the molecule is C/C(=N/Nc1ccccc1)c1c(O)n(C)c(=O)n(C)c1=O. The smallest absolute Gasteiger partial charge is 0.333 e. The number of para-hydroxylation sites is 1. The summed E-state index contributed by atoms with van der Waals surface area (Å²) >= 11 is 0. The maximum absolute atomic E-state index is 12.1. The summed E-state index contributed by atoms with van der Waals surface area (Å²) < 4.78 is 1.93. The van der Waals surface area contributed by atoms with Crippen LogP contribution in [0.15, 0.2) is 45.0 Å². The van der Waals surface area contributed by atoms with E-state index < -0.39 is 17.1 Å². The van der Waals surface area contributed by atoms with E-state index in [1.54, 1.807) is 6.92 Å². The second-order valence-electron chi connectivity index (χ2n) is 4.58. The summed E-state index contributed by atoms with van der Waals surface area (Å²) in [5, 5.41) is 14.1. The molecule has 2 aromatic rings. The molecule has 2 N–H and O–H groups in total. The van der Waals surface area contributed by atoms with Crippen molar-refractivity contribution in [2.75, 3.05) is 5.43 Å². The lowest BCUT2D eigenvalue weighted by Gasteiger charge is -2.10. The van der Waals surface area contributed by atoms with Crippen molar-refractivity contribution in [2.24, 2.45) is 19.2 Å². The summed E-state index contributed by atoms with van der Waals surface area (Å²) in [5.41, 5.74) is 2.63. The molecule has 0 radical (unpaired) electrons. The van der Waals surface area contributed by atoms with E-state index in [9.17, 15) is 14.7 Å². The Hall–Kier alpha value is -2.83. The molecule has 0 aliphatic rings. The third kappa shape index (κ3) is 2.71. The molecule has 0 fully saturated rings. The third-order valence-electron chi connectivity index (χ3n) is 3.12. The highest BCUT2D eigenvalue weighted by atomic mass is 16.3. The van der Waals surface area contributed by atoms with Crippen LogP contribution >= 0.6 is 0 Å². The number of hydrogen-bond acceptors (Lipinski definition) is 5. The maximum Gasteiger partial charge on any atom is 0.333 e. The van der Waals surface area contributed by atoms with Crippen molar-refractivity contribution < 1.29 is 5.11 Å². The highest BCUT2D eigenvalue weighted by Gasteiger charge is 2.17. The van der Waals surface area contributed by atoms with Crippen LogP contribution in [0.2, 0.25) is 0 Å². The zero-order chi connectivity index (χ0) is 15.6. The molecule has 7 nitrogen and oxygen atoms in total. The molecule has 0 amide bonds. The Morgan fingerprint density at radius 1 is 1.14 bits per heavy atom. The Kier molecular flexibility index (Phi) is 3.93. The molecular formula is C14H16N4O3. The fourth-order valence-electron chi connectivity index (χ4n) is 1.87. The number of hydrogen-bond donors (Lipinski definition) is 2. The van der Waals surface area contributed by atoms with Crippen molar-refractivity contribution in [1.82, 2.24) is 9.13 Å². The predicted octanol–water partition coefficient (Wildman–Crippen LogP) is 0.626. The monoisotopic (exact) mass is 288 g/mol. The lowest BCUT2D eigenvalue weighted by Crippen LogP contribution is -2.39. The fraction of sp³-hybridized carbons (Fsp3) is 0.214. The van der Waals surface area contributed by atoms with Crippen molar-refractivity contribution in [1.29, 1.82) is 0 Å². The second-order valence-corrected chi connectivity index (χ2v) is 4.58. The van der Waals surface area contributed by atoms with Gasteiger partial charge in [0.15, 0.2) is 0 Å². The molecule has 0 unspecified atom stereocenters. The van der Waals surface area contributed by atoms with Crippen molar-refractivity contribution >= 4 is 11.4 Å². The van der Waals surface area contributed by atoms with E-state index in [-0.39, 0.29) is 11.3 Å². The molecule has 2 rings (SSSR count). The van der Waals surface area contributed by atoms with Gasteiger partial charge in [-0.3, -0.25) is 19.4 Å². The molecule has 0 atom stereocenters. The van der Waals surface area contributed by atoms with Gasteiger partial charge >= 0.3 is 5.69 Å². The predicted molar refractivity (Wildman–Crippen MR) is 80.9 cm³/mol. The van der Waals surface area contributed by atoms with Gasteiger partial charge in [0, 0.05) is 14.1 Å². The standard InChI is InChI=1S/C14H16N4O3/c1-9(15-16-10-7-5-4-6-8-10)11-12(19)17(2)14(21)18(3)13(11)20/h4-8,16,19H,1-3H3/b15-9-. The minimum Gasteiger partial charge on any atom is -0.494 e. The van der Waals surface area contributed by atoms with E-state index >= 15 is 0 Å². The van der Waals surface area contributed by atoms with Gasteiger partial charge in [-0.2, -0.15) is 5.10 Å². The number of hydrazone groups is 1. The fourth-order valence-corrected chi connectivity index (χ4v) is 1.87. The molecule has 0 spiro atoms. The van der Waals surface area contributed by atoms with Crippen molar-refractivity contribution in [2.45, 2.75) is 6.92 Å². The number of anilines is 1. The van der Waals surface area contributed by atoms with Gasteiger partial charge in [-0.25, -0.2) is 4.79 Å². The van der Waals surface area contributed by atoms with Gasteiger partial charge in [0.05, 0.1) is 11.4 Å². The van der Waals surface area contributed by atoms with Gasteiger partial charge in [-0.05, 0) is 19.1 Å². The molecule has 110 valence electrons. The van der Waals surface area contributed by atoms with Crippen LogP contribution in [-0.2, 0) is 14.1 Å². The summed E-state index contributed by atoms with van der Waals surface area (Å²) in [4.78, 5) is 23.8. The Morgan fingerprint density at radius 2 is 1.76 bits per heavy atom. The Bertz CT molecular complexity index is 803. The molecule has 0 aliphatic heterocycles. The number of aromatic nitrogens is 2. The molecule has 21 heavy (non-hydrogen) atoms. The number of aromatic hydroxyl groups is 1. The molecule has 7 heteroatoms. The van der Waals surface area contributed by atoms with Crippen LogP contribution in [0.4, 0.5) is 5.69 Å². The molecule has 0 saturated carbocycles. The number of benzene rings is 1. The summed E-state index contributed by atoms with van der Waals surface area (Å²) in [5.74, 6) is -0.404. The molecule has 0 aliphatic carbocycles. The van der Waals surface area contributed by atoms with Gasteiger partial charge in [-0.1, -0.05) is 18.2 Å². The number of rotatable bonds is 3. The average molecular weight is 288 g/mol. The van der Waals surface area contributed by atoms with Crippen molar-refractivity contribution in [3.05, 3.63) is 56.7 Å².